The van der Waals surface area contributed by atoms with Gasteiger partial charge in [0, 0.05) is 6.54 Å². The quantitative estimate of drug-likeness (QED) is 0.757. The lowest BCUT2D eigenvalue weighted by molar-refractivity contribution is 0.298. The second-order valence-corrected chi connectivity index (χ2v) is 4.69. The van der Waals surface area contributed by atoms with Crippen LogP contribution < -0.4 is 4.74 Å². The molecule has 0 aliphatic heterocycles. The summed E-state index contributed by atoms with van der Waals surface area (Å²) < 4.78 is 6.14. The number of nitrogens with zero attached hydrogens (tertiary/aromatic N) is 2. The predicted octanol–water partition coefficient (Wildman–Crippen LogP) is 3.19. The highest BCUT2D eigenvalue weighted by Crippen LogP contribution is 2.26. The van der Waals surface area contributed by atoms with E-state index in [4.69, 9.17) is 10.00 Å². The highest BCUT2D eigenvalue weighted by molar-refractivity contribution is 9.10. The molecule has 0 aliphatic carbocycles. The van der Waals surface area contributed by atoms with E-state index in [1.807, 2.05) is 18.2 Å². The highest BCUT2D eigenvalue weighted by Gasteiger charge is 2.06. The highest BCUT2D eigenvalue weighted by atomic mass is 79.9. The molecule has 0 unspecified atom stereocenters. The summed E-state index contributed by atoms with van der Waals surface area (Å²) >= 11 is 3.47. The Morgan fingerprint density at radius 1 is 1.47 bits per heavy atom. The lowest BCUT2D eigenvalue weighted by Gasteiger charge is -2.18. The van der Waals surface area contributed by atoms with Crippen LogP contribution in [0.25, 0.3) is 0 Å². The second-order valence-electron chi connectivity index (χ2n) is 3.84. The molecule has 0 atom stereocenters. The van der Waals surface area contributed by atoms with E-state index in [-0.39, 0.29) is 0 Å². The summed E-state index contributed by atoms with van der Waals surface area (Å²) in [5.74, 6) is 0.830. The van der Waals surface area contributed by atoms with Gasteiger partial charge in [0.25, 0.3) is 0 Å². The fourth-order valence-electron chi connectivity index (χ4n) is 1.70. The van der Waals surface area contributed by atoms with Crippen molar-refractivity contribution in [2.45, 2.75) is 19.9 Å². The van der Waals surface area contributed by atoms with Gasteiger partial charge in [0.2, 0.25) is 0 Å². The fourth-order valence-corrected chi connectivity index (χ4v) is 2.28. The summed E-state index contributed by atoms with van der Waals surface area (Å²) in [4.78, 5) is 2.13. The number of methoxy groups -OCH3 is 1. The molecule has 0 aromatic heterocycles. The zero-order valence-corrected chi connectivity index (χ0v) is 11.8. The smallest absolute Gasteiger partial charge is 0.133 e. The topological polar surface area (TPSA) is 36.3 Å². The molecular weight excluding hydrogens is 280 g/mol. The molecule has 1 rings (SSSR count). The number of rotatable bonds is 6. The van der Waals surface area contributed by atoms with E-state index in [2.05, 4.69) is 33.8 Å². The van der Waals surface area contributed by atoms with Crippen molar-refractivity contribution in [3.8, 4) is 11.8 Å². The van der Waals surface area contributed by atoms with E-state index in [0.717, 1.165) is 29.7 Å². The van der Waals surface area contributed by atoms with Crippen molar-refractivity contribution in [1.29, 1.82) is 5.26 Å². The third kappa shape index (κ3) is 4.37. The average molecular weight is 297 g/mol. The van der Waals surface area contributed by atoms with Crippen LogP contribution in [0, 0.1) is 11.3 Å². The predicted molar refractivity (Wildman–Crippen MR) is 71.9 cm³/mol. The van der Waals surface area contributed by atoms with Gasteiger partial charge in [0.1, 0.15) is 5.75 Å². The van der Waals surface area contributed by atoms with Gasteiger partial charge >= 0.3 is 0 Å². The zero-order valence-electron chi connectivity index (χ0n) is 10.2. The molecule has 3 nitrogen and oxygen atoms in total. The number of halogens is 1. The molecule has 0 saturated carbocycles. The summed E-state index contributed by atoms with van der Waals surface area (Å²) in [6.45, 7) is 4.33. The standard InChI is InChI=1S/C13H17BrN2O/c1-3-7-16(8-6-15)10-11-4-5-13(17-2)12(14)9-11/h4-5,9H,3,7-8,10H2,1-2H3. The van der Waals surface area contributed by atoms with E-state index >= 15 is 0 Å². The lowest BCUT2D eigenvalue weighted by Crippen LogP contribution is -2.24. The summed E-state index contributed by atoms with van der Waals surface area (Å²) in [7, 11) is 1.65. The molecule has 0 aliphatic rings. The van der Waals surface area contributed by atoms with Crippen LogP contribution in [0.4, 0.5) is 0 Å². The van der Waals surface area contributed by atoms with Gasteiger partial charge in [-0.05, 0) is 46.6 Å². The third-order valence-corrected chi connectivity index (χ3v) is 3.08. The number of nitriles is 1. The molecule has 0 N–H and O–H groups in total. The van der Waals surface area contributed by atoms with Crippen LogP contribution in [0.1, 0.15) is 18.9 Å². The third-order valence-electron chi connectivity index (χ3n) is 2.46. The summed E-state index contributed by atoms with van der Waals surface area (Å²) in [5.41, 5.74) is 1.18. The minimum absolute atomic E-state index is 0.470. The van der Waals surface area contributed by atoms with Crippen LogP contribution in [0.3, 0.4) is 0 Å². The first kappa shape index (κ1) is 14.0. The molecule has 0 spiro atoms. The molecule has 0 amide bonds. The normalized spacial score (nSPS) is 10.3. The summed E-state index contributed by atoms with van der Waals surface area (Å²) in [5, 5.41) is 8.76. The van der Waals surface area contributed by atoms with Gasteiger partial charge < -0.3 is 4.74 Å². The Labute approximate surface area is 111 Å². The maximum absolute atomic E-state index is 8.76. The van der Waals surface area contributed by atoms with Crippen LogP contribution >= 0.6 is 15.9 Å². The van der Waals surface area contributed by atoms with Crippen LogP contribution in [0.2, 0.25) is 0 Å². The van der Waals surface area contributed by atoms with E-state index < -0.39 is 0 Å². The number of hydrogen-bond donors (Lipinski definition) is 0. The summed E-state index contributed by atoms with van der Waals surface area (Å²) in [6, 6.07) is 8.21. The van der Waals surface area contributed by atoms with Gasteiger partial charge in [0.15, 0.2) is 0 Å². The SMILES string of the molecule is CCCN(CC#N)Cc1ccc(OC)c(Br)c1. The fraction of sp³-hybridized carbons (Fsp3) is 0.462. The second kappa shape index (κ2) is 7.31. The minimum Gasteiger partial charge on any atom is -0.496 e. The first-order valence-corrected chi connectivity index (χ1v) is 6.42. The van der Waals surface area contributed by atoms with Crippen LogP contribution in [0.15, 0.2) is 22.7 Å². The van der Waals surface area contributed by atoms with Crippen molar-refractivity contribution in [2.75, 3.05) is 20.2 Å². The Bertz CT molecular complexity index is 401. The Kier molecular flexibility index (Phi) is 6.03. The van der Waals surface area contributed by atoms with E-state index in [1.165, 1.54) is 5.56 Å². The van der Waals surface area contributed by atoms with Crippen molar-refractivity contribution in [1.82, 2.24) is 4.90 Å². The Morgan fingerprint density at radius 3 is 2.76 bits per heavy atom. The van der Waals surface area contributed by atoms with Crippen molar-refractivity contribution in [3.63, 3.8) is 0 Å². The van der Waals surface area contributed by atoms with Crippen molar-refractivity contribution in [2.24, 2.45) is 0 Å². The Hall–Kier alpha value is -1.05. The van der Waals surface area contributed by atoms with E-state index in [0.29, 0.717) is 6.54 Å². The van der Waals surface area contributed by atoms with E-state index in [1.54, 1.807) is 7.11 Å². The van der Waals surface area contributed by atoms with Gasteiger partial charge in [0.05, 0.1) is 24.2 Å². The van der Waals surface area contributed by atoms with Gasteiger partial charge in [-0.3, -0.25) is 4.90 Å². The molecule has 4 heteroatoms. The van der Waals surface area contributed by atoms with E-state index in [9.17, 15) is 0 Å². The first-order valence-electron chi connectivity index (χ1n) is 5.63. The first-order chi connectivity index (χ1) is 8.21. The molecule has 0 radical (unpaired) electrons. The molecule has 0 fully saturated rings. The van der Waals surface area contributed by atoms with Gasteiger partial charge in [-0.2, -0.15) is 5.26 Å². The number of ether oxygens (including phenoxy) is 1. The molecule has 17 heavy (non-hydrogen) atoms. The molecule has 1 aromatic rings. The molecule has 0 bridgehead atoms. The molecule has 1 aromatic carbocycles. The largest absolute Gasteiger partial charge is 0.496 e. The Morgan fingerprint density at radius 2 is 2.24 bits per heavy atom. The molecule has 0 heterocycles. The van der Waals surface area contributed by atoms with Crippen LogP contribution in [-0.2, 0) is 6.54 Å². The van der Waals surface area contributed by atoms with Gasteiger partial charge in [-0.25, -0.2) is 0 Å². The number of hydrogen-bond acceptors (Lipinski definition) is 3. The van der Waals surface area contributed by atoms with Crippen molar-refractivity contribution in [3.05, 3.63) is 28.2 Å². The Balaban J connectivity index is 2.72. The molecule has 0 saturated heterocycles. The average Bonchev–Trinajstić information content (AvgIpc) is 2.30. The van der Waals surface area contributed by atoms with Crippen LogP contribution in [0.5, 0.6) is 5.75 Å². The van der Waals surface area contributed by atoms with Crippen LogP contribution in [-0.4, -0.2) is 25.1 Å². The zero-order chi connectivity index (χ0) is 12.7. The maximum Gasteiger partial charge on any atom is 0.133 e. The van der Waals surface area contributed by atoms with Gasteiger partial charge in [-0.1, -0.05) is 13.0 Å². The minimum atomic E-state index is 0.470. The molecule has 92 valence electrons. The lowest BCUT2D eigenvalue weighted by atomic mass is 10.2. The molecular formula is C13H17BrN2O. The maximum atomic E-state index is 8.76. The number of benzene rings is 1. The monoisotopic (exact) mass is 296 g/mol. The van der Waals surface area contributed by atoms with Crippen molar-refractivity contribution >= 4 is 15.9 Å². The van der Waals surface area contributed by atoms with Crippen molar-refractivity contribution < 1.29 is 4.74 Å². The van der Waals surface area contributed by atoms with Gasteiger partial charge in [-0.15, -0.1) is 0 Å². The summed E-state index contributed by atoms with van der Waals surface area (Å²) in [6.07, 6.45) is 1.05.